The van der Waals surface area contributed by atoms with Gasteiger partial charge in [0.05, 0.1) is 25.6 Å². The van der Waals surface area contributed by atoms with Crippen molar-refractivity contribution in [1.29, 1.82) is 0 Å². The number of halogens is 1. The van der Waals surface area contributed by atoms with Gasteiger partial charge in [-0.15, -0.1) is 24.0 Å². The average Bonchev–Trinajstić information content (AvgIpc) is 2.99. The van der Waals surface area contributed by atoms with Gasteiger partial charge in [-0.2, -0.15) is 5.10 Å². The minimum Gasteiger partial charge on any atom is -0.370 e. The van der Waals surface area contributed by atoms with E-state index >= 15 is 0 Å². The molecule has 1 aliphatic rings. The normalized spacial score (nSPS) is 18.5. The summed E-state index contributed by atoms with van der Waals surface area (Å²) in [5.41, 5.74) is 1.06. The summed E-state index contributed by atoms with van der Waals surface area (Å²) < 4.78 is 32.2. The molecular weight excluding hydrogens is 471 g/mol. The van der Waals surface area contributed by atoms with E-state index < -0.39 is 10.0 Å². The second-order valence-electron chi connectivity index (χ2n) is 6.01. The molecule has 1 aliphatic heterocycles. The van der Waals surface area contributed by atoms with E-state index in [9.17, 15) is 8.42 Å². The van der Waals surface area contributed by atoms with Crippen molar-refractivity contribution in [2.45, 2.75) is 19.4 Å². The summed E-state index contributed by atoms with van der Waals surface area (Å²) in [7, 11) is -1.25. The average molecular weight is 500 g/mol. The van der Waals surface area contributed by atoms with E-state index in [0.717, 1.165) is 30.9 Å². The minimum absolute atomic E-state index is 0. The SMILES string of the molecule is CCNC(=NCCCNS(C)(=O)=O)N1CCOC(c2cnn(C)c2)C1.I. The van der Waals surface area contributed by atoms with Crippen molar-refractivity contribution in [3.05, 3.63) is 18.0 Å². The molecule has 0 spiro atoms. The van der Waals surface area contributed by atoms with Crippen LogP contribution in [0.4, 0.5) is 0 Å². The van der Waals surface area contributed by atoms with Crippen LogP contribution >= 0.6 is 24.0 Å². The molecule has 0 aromatic carbocycles. The van der Waals surface area contributed by atoms with Crippen LogP contribution in [0.3, 0.4) is 0 Å². The quantitative estimate of drug-likeness (QED) is 0.242. The summed E-state index contributed by atoms with van der Waals surface area (Å²) >= 11 is 0. The third kappa shape index (κ3) is 7.76. The standard InChI is InChI=1S/C15H28N6O3S.HI/c1-4-16-15(17-6-5-7-19-25(3,22)23)21-8-9-24-14(12-21)13-10-18-20(2)11-13;/h10-11,14,19H,4-9,12H2,1-3H3,(H,16,17);1H. The summed E-state index contributed by atoms with van der Waals surface area (Å²) in [5, 5.41) is 7.50. The molecule has 1 fully saturated rings. The maximum atomic E-state index is 11.1. The van der Waals surface area contributed by atoms with Gasteiger partial charge in [-0.05, 0) is 13.3 Å². The summed E-state index contributed by atoms with van der Waals surface area (Å²) in [6, 6.07) is 0. The van der Waals surface area contributed by atoms with Crippen molar-refractivity contribution in [3.8, 4) is 0 Å². The Morgan fingerprint density at radius 3 is 2.88 bits per heavy atom. The fraction of sp³-hybridized carbons (Fsp3) is 0.733. The van der Waals surface area contributed by atoms with Crippen LogP contribution in [0.25, 0.3) is 0 Å². The number of ether oxygens (including phenoxy) is 1. The van der Waals surface area contributed by atoms with Crippen LogP contribution in [0.5, 0.6) is 0 Å². The van der Waals surface area contributed by atoms with Crippen molar-refractivity contribution in [2.24, 2.45) is 12.0 Å². The molecule has 1 saturated heterocycles. The van der Waals surface area contributed by atoms with E-state index in [1.54, 1.807) is 4.68 Å². The van der Waals surface area contributed by atoms with Gasteiger partial charge in [-0.1, -0.05) is 0 Å². The smallest absolute Gasteiger partial charge is 0.208 e. The van der Waals surface area contributed by atoms with Gasteiger partial charge >= 0.3 is 0 Å². The summed E-state index contributed by atoms with van der Waals surface area (Å²) in [6.45, 7) is 5.85. The van der Waals surface area contributed by atoms with Crippen molar-refractivity contribution in [1.82, 2.24) is 24.7 Å². The number of guanidine groups is 1. The molecule has 1 aromatic rings. The summed E-state index contributed by atoms with van der Waals surface area (Å²) in [5.74, 6) is 0.832. The highest BCUT2D eigenvalue weighted by atomic mass is 127. The highest BCUT2D eigenvalue weighted by Crippen LogP contribution is 2.21. The van der Waals surface area contributed by atoms with Crippen molar-refractivity contribution in [2.75, 3.05) is 45.6 Å². The van der Waals surface area contributed by atoms with Crippen molar-refractivity contribution in [3.63, 3.8) is 0 Å². The lowest BCUT2D eigenvalue weighted by Gasteiger charge is -2.34. The Morgan fingerprint density at radius 2 is 2.27 bits per heavy atom. The van der Waals surface area contributed by atoms with Gasteiger partial charge in [0.15, 0.2) is 5.96 Å². The second-order valence-corrected chi connectivity index (χ2v) is 7.84. The number of aryl methyl sites for hydroxylation is 1. The van der Waals surface area contributed by atoms with Gasteiger partial charge in [0.25, 0.3) is 0 Å². The molecule has 0 saturated carbocycles. The van der Waals surface area contributed by atoms with Crippen LogP contribution in [0.15, 0.2) is 17.4 Å². The summed E-state index contributed by atoms with van der Waals surface area (Å²) in [6.07, 6.45) is 5.58. The zero-order valence-electron chi connectivity index (χ0n) is 15.5. The zero-order chi connectivity index (χ0) is 18.3. The Kier molecular flexibility index (Phi) is 9.82. The van der Waals surface area contributed by atoms with Gasteiger partial charge in [-0.3, -0.25) is 9.67 Å². The van der Waals surface area contributed by atoms with Gasteiger partial charge in [0.2, 0.25) is 10.0 Å². The number of hydrogen-bond donors (Lipinski definition) is 2. The number of aromatic nitrogens is 2. The first-order valence-corrected chi connectivity index (χ1v) is 10.4. The van der Waals surface area contributed by atoms with Crippen molar-refractivity contribution >= 4 is 40.0 Å². The Morgan fingerprint density at radius 1 is 1.50 bits per heavy atom. The third-order valence-corrected chi connectivity index (χ3v) is 4.49. The lowest BCUT2D eigenvalue weighted by Crippen LogP contribution is -2.48. The Balaban J connectivity index is 0.00000338. The fourth-order valence-corrected chi connectivity index (χ4v) is 3.11. The molecule has 0 bridgehead atoms. The van der Waals surface area contributed by atoms with Crippen molar-refractivity contribution < 1.29 is 13.2 Å². The second kappa shape index (κ2) is 11.0. The van der Waals surface area contributed by atoms with Gasteiger partial charge in [0, 0.05) is 45.0 Å². The van der Waals surface area contributed by atoms with E-state index in [0.29, 0.717) is 32.7 Å². The lowest BCUT2D eigenvalue weighted by molar-refractivity contribution is -0.00804. The predicted molar refractivity (Wildman–Crippen MR) is 112 cm³/mol. The topological polar surface area (TPSA) is 101 Å². The Bertz CT molecular complexity index is 679. The molecule has 0 radical (unpaired) electrons. The molecule has 2 heterocycles. The van der Waals surface area contributed by atoms with Crippen LogP contribution < -0.4 is 10.0 Å². The molecule has 11 heteroatoms. The summed E-state index contributed by atoms with van der Waals surface area (Å²) in [4.78, 5) is 6.79. The lowest BCUT2D eigenvalue weighted by atomic mass is 10.1. The predicted octanol–water partition coefficient (Wildman–Crippen LogP) is 0.316. The van der Waals surface area contributed by atoms with Crippen LogP contribution in [0, 0.1) is 0 Å². The molecule has 0 aliphatic carbocycles. The van der Waals surface area contributed by atoms with Gasteiger partial charge < -0.3 is 15.0 Å². The van der Waals surface area contributed by atoms with Crippen LogP contribution in [-0.2, 0) is 21.8 Å². The first-order chi connectivity index (χ1) is 11.9. The Hall–Kier alpha value is -0.920. The monoisotopic (exact) mass is 500 g/mol. The minimum atomic E-state index is -3.14. The number of sulfonamides is 1. The number of hydrogen-bond acceptors (Lipinski definition) is 5. The van der Waals surface area contributed by atoms with E-state index in [2.05, 4.69) is 25.0 Å². The molecule has 9 nitrogen and oxygen atoms in total. The van der Waals surface area contributed by atoms with Gasteiger partial charge in [0.1, 0.15) is 6.10 Å². The molecule has 2 N–H and O–H groups in total. The number of nitrogens with zero attached hydrogens (tertiary/aromatic N) is 4. The first-order valence-electron chi connectivity index (χ1n) is 8.47. The third-order valence-electron chi connectivity index (χ3n) is 3.76. The van der Waals surface area contributed by atoms with E-state index in [4.69, 9.17) is 4.74 Å². The van der Waals surface area contributed by atoms with Gasteiger partial charge in [-0.25, -0.2) is 13.1 Å². The molecule has 1 unspecified atom stereocenters. The number of nitrogens with one attached hydrogen (secondary N) is 2. The molecule has 2 rings (SSSR count). The highest BCUT2D eigenvalue weighted by molar-refractivity contribution is 14.0. The molecule has 1 atom stereocenters. The number of morpholine rings is 1. The number of rotatable bonds is 7. The van der Waals surface area contributed by atoms with E-state index in [-0.39, 0.29) is 30.1 Å². The molecule has 26 heavy (non-hydrogen) atoms. The maximum absolute atomic E-state index is 11.1. The number of aliphatic imine (C=N–C) groups is 1. The molecular formula is C15H29IN6O3S. The highest BCUT2D eigenvalue weighted by Gasteiger charge is 2.25. The van der Waals surface area contributed by atoms with Crippen LogP contribution in [-0.4, -0.2) is 74.6 Å². The van der Waals surface area contributed by atoms with E-state index in [1.165, 1.54) is 0 Å². The zero-order valence-corrected chi connectivity index (χ0v) is 18.7. The molecule has 150 valence electrons. The van der Waals surface area contributed by atoms with Crippen LogP contribution in [0.1, 0.15) is 25.0 Å². The molecule has 1 aromatic heterocycles. The first kappa shape index (κ1) is 23.1. The van der Waals surface area contributed by atoms with Crippen LogP contribution in [0.2, 0.25) is 0 Å². The maximum Gasteiger partial charge on any atom is 0.208 e. The largest absolute Gasteiger partial charge is 0.370 e. The Labute approximate surface area is 172 Å². The fourth-order valence-electron chi connectivity index (χ4n) is 2.60. The molecule has 0 amide bonds. The van der Waals surface area contributed by atoms with E-state index in [1.807, 2.05) is 26.4 Å².